The molecule has 1 aliphatic rings. The van der Waals surface area contributed by atoms with Crippen molar-refractivity contribution in [2.24, 2.45) is 0 Å². The van der Waals surface area contributed by atoms with Gasteiger partial charge in [-0.3, -0.25) is 9.69 Å². The maximum atomic E-state index is 14.5. The highest BCUT2D eigenvalue weighted by Gasteiger charge is 2.22. The average Bonchev–Trinajstić information content (AvgIpc) is 2.70. The van der Waals surface area contributed by atoms with E-state index in [1.165, 1.54) is 7.11 Å². The summed E-state index contributed by atoms with van der Waals surface area (Å²) in [6, 6.07) is 12.3. The molecule has 2 heterocycles. The maximum absolute atomic E-state index is 14.5. The number of rotatable bonds is 4. The van der Waals surface area contributed by atoms with Crippen molar-refractivity contribution >= 4 is 11.6 Å². The minimum absolute atomic E-state index is 0.123. The van der Waals surface area contributed by atoms with Gasteiger partial charge in [0.25, 0.3) is 5.56 Å². The Morgan fingerprint density at radius 3 is 2.79 bits per heavy atom. The predicted octanol–water partition coefficient (Wildman–Crippen LogP) is 3.80. The van der Waals surface area contributed by atoms with E-state index in [1.54, 1.807) is 30.3 Å². The van der Waals surface area contributed by atoms with Crippen LogP contribution in [0.15, 0.2) is 47.3 Å². The first kappa shape index (κ1) is 18.7. The van der Waals surface area contributed by atoms with Crippen molar-refractivity contribution in [1.82, 2.24) is 14.9 Å². The number of fused-ring (bicyclic) bond motifs is 1. The molecule has 5 nitrogen and oxygen atoms in total. The number of benzene rings is 2. The van der Waals surface area contributed by atoms with Crippen molar-refractivity contribution in [3.05, 3.63) is 80.5 Å². The van der Waals surface area contributed by atoms with E-state index in [4.69, 9.17) is 16.3 Å². The highest BCUT2D eigenvalue weighted by atomic mass is 35.5. The van der Waals surface area contributed by atoms with Gasteiger partial charge < -0.3 is 9.72 Å². The number of methoxy groups -OCH3 is 1. The number of nitrogens with one attached hydrogen (secondary N) is 1. The first-order valence-corrected chi connectivity index (χ1v) is 9.34. The molecular weight excluding hydrogens is 381 g/mol. The van der Waals surface area contributed by atoms with Gasteiger partial charge in [0, 0.05) is 41.3 Å². The van der Waals surface area contributed by atoms with Crippen molar-refractivity contribution in [2.45, 2.75) is 19.5 Å². The van der Waals surface area contributed by atoms with Crippen LogP contribution >= 0.6 is 11.6 Å². The van der Waals surface area contributed by atoms with Crippen LogP contribution in [0.1, 0.15) is 16.8 Å². The number of aromatic amines is 1. The maximum Gasteiger partial charge on any atom is 0.254 e. The lowest BCUT2D eigenvalue weighted by Crippen LogP contribution is -2.35. The second kappa shape index (κ2) is 7.73. The molecule has 0 saturated carbocycles. The normalized spacial score (nSPS) is 14.0. The van der Waals surface area contributed by atoms with Crippen LogP contribution in [-0.4, -0.2) is 28.5 Å². The summed E-state index contributed by atoms with van der Waals surface area (Å²) in [7, 11) is 1.45. The standard InChI is InChI=1S/C21H19ClFN3O2/c1-28-18-4-2-3-14(19(18)23)11-26-10-9-16-17(12-26)24-20(25-21(16)27)13-5-7-15(22)8-6-13/h2-8H,9-12H2,1H3,(H,24,25,27). The summed E-state index contributed by atoms with van der Waals surface area (Å²) in [4.78, 5) is 22.1. The summed E-state index contributed by atoms with van der Waals surface area (Å²) < 4.78 is 19.5. The van der Waals surface area contributed by atoms with Gasteiger partial charge in [-0.1, -0.05) is 23.7 Å². The summed E-state index contributed by atoms with van der Waals surface area (Å²) in [5.74, 6) is 0.390. The highest BCUT2D eigenvalue weighted by Crippen LogP contribution is 2.24. The Labute approximate surface area is 166 Å². The van der Waals surface area contributed by atoms with Crippen LogP contribution in [0.2, 0.25) is 5.02 Å². The molecule has 7 heteroatoms. The summed E-state index contributed by atoms with van der Waals surface area (Å²) >= 11 is 5.94. The van der Waals surface area contributed by atoms with Gasteiger partial charge in [0.2, 0.25) is 0 Å². The van der Waals surface area contributed by atoms with Crippen molar-refractivity contribution in [1.29, 1.82) is 0 Å². The second-order valence-electron chi connectivity index (χ2n) is 6.74. The third-order valence-electron chi connectivity index (χ3n) is 4.93. The first-order chi connectivity index (χ1) is 13.5. The molecule has 1 aromatic heterocycles. The van der Waals surface area contributed by atoms with E-state index >= 15 is 0 Å². The highest BCUT2D eigenvalue weighted by molar-refractivity contribution is 6.30. The monoisotopic (exact) mass is 399 g/mol. The molecule has 3 aromatic rings. The molecule has 0 fully saturated rings. The lowest BCUT2D eigenvalue weighted by atomic mass is 10.0. The quantitative estimate of drug-likeness (QED) is 0.725. The Morgan fingerprint density at radius 1 is 1.25 bits per heavy atom. The van der Waals surface area contributed by atoms with Gasteiger partial charge in [-0.2, -0.15) is 0 Å². The number of hydrogen-bond acceptors (Lipinski definition) is 4. The molecule has 4 rings (SSSR count). The van der Waals surface area contributed by atoms with E-state index in [-0.39, 0.29) is 17.1 Å². The van der Waals surface area contributed by atoms with Crippen molar-refractivity contribution in [3.63, 3.8) is 0 Å². The van der Waals surface area contributed by atoms with Gasteiger partial charge in [-0.15, -0.1) is 0 Å². The topological polar surface area (TPSA) is 58.2 Å². The fourth-order valence-electron chi connectivity index (χ4n) is 3.45. The third-order valence-corrected chi connectivity index (χ3v) is 5.18. The molecule has 0 radical (unpaired) electrons. The van der Waals surface area contributed by atoms with Crippen LogP contribution in [0.3, 0.4) is 0 Å². The first-order valence-electron chi connectivity index (χ1n) is 8.97. The Kier molecular flexibility index (Phi) is 5.15. The van der Waals surface area contributed by atoms with E-state index in [9.17, 15) is 9.18 Å². The van der Waals surface area contributed by atoms with Crippen LogP contribution in [-0.2, 0) is 19.5 Å². The second-order valence-corrected chi connectivity index (χ2v) is 7.18. The van der Waals surface area contributed by atoms with Gasteiger partial charge in [-0.25, -0.2) is 9.37 Å². The van der Waals surface area contributed by atoms with Gasteiger partial charge >= 0.3 is 0 Å². The zero-order valence-electron chi connectivity index (χ0n) is 15.3. The molecule has 1 aliphatic heterocycles. The largest absolute Gasteiger partial charge is 0.494 e. The van der Waals surface area contributed by atoms with E-state index in [2.05, 4.69) is 14.9 Å². The molecule has 28 heavy (non-hydrogen) atoms. The molecule has 0 aliphatic carbocycles. The number of ether oxygens (including phenoxy) is 1. The van der Waals surface area contributed by atoms with Crippen molar-refractivity contribution in [3.8, 4) is 17.1 Å². The van der Waals surface area contributed by atoms with E-state index in [0.717, 1.165) is 11.3 Å². The molecule has 0 bridgehead atoms. The van der Waals surface area contributed by atoms with Gasteiger partial charge in [0.05, 0.1) is 12.8 Å². The minimum Gasteiger partial charge on any atom is -0.494 e. The lowest BCUT2D eigenvalue weighted by Gasteiger charge is -2.28. The number of H-pyrrole nitrogens is 1. The zero-order chi connectivity index (χ0) is 19.7. The van der Waals surface area contributed by atoms with E-state index < -0.39 is 0 Å². The fraction of sp³-hybridized carbons (Fsp3) is 0.238. The minimum atomic E-state index is -0.350. The average molecular weight is 400 g/mol. The van der Waals surface area contributed by atoms with Gasteiger partial charge in [0.15, 0.2) is 11.6 Å². The van der Waals surface area contributed by atoms with Crippen LogP contribution in [0.5, 0.6) is 5.75 Å². The number of hydrogen-bond donors (Lipinski definition) is 1. The summed E-state index contributed by atoms with van der Waals surface area (Å²) in [6.07, 6.45) is 0.574. The number of halogens is 2. The molecular formula is C21H19ClFN3O2. The molecule has 0 amide bonds. The van der Waals surface area contributed by atoms with Crippen LogP contribution in [0.25, 0.3) is 11.4 Å². The van der Waals surface area contributed by atoms with Crippen molar-refractivity contribution < 1.29 is 9.13 Å². The Bertz CT molecular complexity index is 1070. The number of nitrogens with zero attached hydrogens (tertiary/aromatic N) is 2. The van der Waals surface area contributed by atoms with Crippen LogP contribution in [0.4, 0.5) is 4.39 Å². The van der Waals surface area contributed by atoms with E-state index in [1.807, 2.05) is 12.1 Å². The summed E-state index contributed by atoms with van der Waals surface area (Å²) in [5.41, 5.74) is 2.65. The SMILES string of the molecule is COc1cccc(CN2CCc3c(nc(-c4ccc(Cl)cc4)[nH]c3=O)C2)c1F. The molecule has 0 unspecified atom stereocenters. The summed E-state index contributed by atoms with van der Waals surface area (Å²) in [5, 5.41) is 0.621. The molecule has 0 saturated heterocycles. The van der Waals surface area contributed by atoms with E-state index in [0.29, 0.717) is 48.0 Å². The Balaban J connectivity index is 1.61. The smallest absolute Gasteiger partial charge is 0.254 e. The summed E-state index contributed by atoms with van der Waals surface area (Å²) in [6.45, 7) is 1.57. The number of aromatic nitrogens is 2. The molecule has 2 aromatic carbocycles. The Morgan fingerprint density at radius 2 is 2.04 bits per heavy atom. The molecule has 144 valence electrons. The van der Waals surface area contributed by atoms with Gasteiger partial charge in [0.1, 0.15) is 5.82 Å². The predicted molar refractivity (Wildman–Crippen MR) is 106 cm³/mol. The van der Waals surface area contributed by atoms with Gasteiger partial charge in [-0.05, 0) is 36.8 Å². The van der Waals surface area contributed by atoms with Crippen molar-refractivity contribution in [2.75, 3.05) is 13.7 Å². The zero-order valence-corrected chi connectivity index (χ0v) is 16.1. The third kappa shape index (κ3) is 3.66. The lowest BCUT2D eigenvalue weighted by molar-refractivity contribution is 0.236. The van der Waals surface area contributed by atoms with Crippen LogP contribution in [0, 0.1) is 5.82 Å². The molecule has 1 N–H and O–H groups in total. The van der Waals surface area contributed by atoms with Crippen LogP contribution < -0.4 is 10.3 Å². The molecule has 0 atom stereocenters. The molecule has 0 spiro atoms. The fourth-order valence-corrected chi connectivity index (χ4v) is 3.58. The Hall–Kier alpha value is -2.70.